The molecular weight excluding hydrogens is 272 g/mol. The first-order valence-corrected chi connectivity index (χ1v) is 8.10. The number of hydrogen-bond donors (Lipinski definition) is 1. The lowest BCUT2D eigenvalue weighted by Crippen LogP contribution is -2.37. The molecule has 4 nitrogen and oxygen atoms in total. The van der Waals surface area contributed by atoms with E-state index in [-0.39, 0.29) is 0 Å². The summed E-state index contributed by atoms with van der Waals surface area (Å²) >= 11 is 6.31. The van der Waals surface area contributed by atoms with E-state index >= 15 is 0 Å². The molecule has 2 rings (SSSR count). The van der Waals surface area contributed by atoms with E-state index in [2.05, 4.69) is 22.2 Å². The topological polar surface area (TPSA) is 33.1 Å². The highest BCUT2D eigenvalue weighted by atomic mass is 35.5. The molecule has 0 unspecified atom stereocenters. The normalized spacial score (nSPS) is 17.8. The summed E-state index contributed by atoms with van der Waals surface area (Å²) in [5.74, 6) is 0.836. The van der Waals surface area contributed by atoms with Crippen LogP contribution < -0.4 is 5.32 Å². The molecule has 0 spiro atoms. The minimum atomic E-state index is 0.786. The summed E-state index contributed by atoms with van der Waals surface area (Å²) in [6, 6.07) is 0. The van der Waals surface area contributed by atoms with Crippen LogP contribution in [0.4, 0.5) is 0 Å². The fourth-order valence-electron chi connectivity index (χ4n) is 2.91. The summed E-state index contributed by atoms with van der Waals surface area (Å²) in [6.07, 6.45) is 3.79. The molecular formula is C15H27ClN4. The Morgan fingerprint density at radius 1 is 1.35 bits per heavy atom. The van der Waals surface area contributed by atoms with E-state index in [9.17, 15) is 0 Å². The first kappa shape index (κ1) is 15.8. The number of nitrogens with one attached hydrogen (secondary N) is 1. The van der Waals surface area contributed by atoms with Crippen molar-refractivity contribution in [1.82, 2.24) is 20.0 Å². The monoisotopic (exact) mass is 298 g/mol. The van der Waals surface area contributed by atoms with Crippen LogP contribution in [0, 0.1) is 12.8 Å². The van der Waals surface area contributed by atoms with Crippen LogP contribution in [0.5, 0.6) is 0 Å². The predicted molar refractivity (Wildman–Crippen MR) is 84.1 cm³/mol. The number of halogens is 1. The fraction of sp³-hybridized carbons (Fsp3) is 0.800. The van der Waals surface area contributed by atoms with Crippen LogP contribution in [0.3, 0.4) is 0 Å². The zero-order valence-corrected chi connectivity index (χ0v) is 13.7. The Bertz CT molecular complexity index is 422. The first-order valence-electron chi connectivity index (χ1n) is 7.72. The van der Waals surface area contributed by atoms with Crippen molar-refractivity contribution in [1.29, 1.82) is 0 Å². The van der Waals surface area contributed by atoms with Crippen molar-refractivity contribution in [3.8, 4) is 0 Å². The summed E-state index contributed by atoms with van der Waals surface area (Å²) in [7, 11) is 1.91. The third-order valence-corrected chi connectivity index (χ3v) is 4.69. The summed E-state index contributed by atoms with van der Waals surface area (Å²) in [4.78, 5) is 2.51. The van der Waals surface area contributed by atoms with E-state index in [1.807, 2.05) is 14.0 Å². The maximum atomic E-state index is 6.31. The molecule has 0 aliphatic carbocycles. The molecule has 0 atom stereocenters. The summed E-state index contributed by atoms with van der Waals surface area (Å²) < 4.78 is 1.77. The summed E-state index contributed by atoms with van der Waals surface area (Å²) in [6.45, 7) is 9.86. The zero-order valence-electron chi connectivity index (χ0n) is 13.0. The molecule has 0 aromatic carbocycles. The van der Waals surface area contributed by atoms with Crippen LogP contribution in [-0.4, -0.2) is 40.9 Å². The Labute approximate surface area is 127 Å². The summed E-state index contributed by atoms with van der Waals surface area (Å²) in [5, 5.41) is 8.71. The minimum absolute atomic E-state index is 0.786. The summed E-state index contributed by atoms with van der Waals surface area (Å²) in [5.41, 5.74) is 2.25. The number of aromatic nitrogens is 2. The second kappa shape index (κ2) is 7.43. The van der Waals surface area contributed by atoms with Crippen molar-refractivity contribution < 1.29 is 0 Å². The number of nitrogens with zero attached hydrogens (tertiary/aromatic N) is 3. The molecule has 0 bridgehead atoms. The maximum Gasteiger partial charge on any atom is 0.131 e. The highest BCUT2D eigenvalue weighted by molar-refractivity contribution is 6.30. The van der Waals surface area contributed by atoms with Crippen LogP contribution in [-0.2, 0) is 13.6 Å². The Hall–Kier alpha value is -0.580. The van der Waals surface area contributed by atoms with Gasteiger partial charge in [-0.2, -0.15) is 5.10 Å². The molecule has 0 radical (unpaired) electrons. The highest BCUT2D eigenvalue weighted by Gasteiger charge is 2.21. The molecule has 5 heteroatoms. The molecule has 1 aromatic rings. The van der Waals surface area contributed by atoms with E-state index in [4.69, 9.17) is 11.6 Å². The Balaban J connectivity index is 1.79. The van der Waals surface area contributed by atoms with Crippen LogP contribution >= 0.6 is 11.6 Å². The van der Waals surface area contributed by atoms with Gasteiger partial charge in [0.15, 0.2) is 0 Å². The number of hydrogen-bond acceptors (Lipinski definition) is 3. The van der Waals surface area contributed by atoms with Gasteiger partial charge < -0.3 is 5.32 Å². The average molecular weight is 299 g/mol. The molecule has 1 aliphatic heterocycles. The van der Waals surface area contributed by atoms with Gasteiger partial charge in [0.25, 0.3) is 0 Å². The molecule has 0 amide bonds. The van der Waals surface area contributed by atoms with Gasteiger partial charge >= 0.3 is 0 Å². The lowest BCUT2D eigenvalue weighted by atomic mass is 9.96. The van der Waals surface area contributed by atoms with Crippen molar-refractivity contribution in [2.24, 2.45) is 13.0 Å². The third kappa shape index (κ3) is 3.96. The second-order valence-electron chi connectivity index (χ2n) is 5.90. The van der Waals surface area contributed by atoms with Gasteiger partial charge in [-0.1, -0.05) is 18.5 Å². The number of likely N-dealkylation sites (tertiary alicyclic amines) is 1. The number of piperidine rings is 1. The van der Waals surface area contributed by atoms with Gasteiger partial charge in [0.1, 0.15) is 5.15 Å². The molecule has 114 valence electrons. The van der Waals surface area contributed by atoms with Crippen molar-refractivity contribution in [2.45, 2.75) is 39.7 Å². The van der Waals surface area contributed by atoms with Crippen LogP contribution in [0.25, 0.3) is 0 Å². The largest absolute Gasteiger partial charge is 0.316 e. The third-order valence-electron chi connectivity index (χ3n) is 4.22. The maximum absolute atomic E-state index is 6.31. The van der Waals surface area contributed by atoms with E-state index in [1.54, 1.807) is 4.68 Å². The molecule has 1 aliphatic rings. The van der Waals surface area contributed by atoms with Gasteiger partial charge in [-0.15, -0.1) is 0 Å². The van der Waals surface area contributed by atoms with E-state index in [0.717, 1.165) is 29.9 Å². The first-order chi connectivity index (χ1) is 9.61. The SMILES string of the molecule is CCCNCC1CCN(Cc2c(C)nn(C)c2Cl)CC1. The van der Waals surface area contributed by atoms with E-state index in [0.29, 0.717) is 0 Å². The molecule has 20 heavy (non-hydrogen) atoms. The molecule has 1 aromatic heterocycles. The molecule has 0 saturated carbocycles. The molecule has 2 heterocycles. The van der Waals surface area contributed by atoms with Gasteiger partial charge in [-0.25, -0.2) is 0 Å². The second-order valence-corrected chi connectivity index (χ2v) is 6.26. The van der Waals surface area contributed by atoms with Gasteiger partial charge in [0.05, 0.1) is 5.69 Å². The van der Waals surface area contributed by atoms with Crippen molar-refractivity contribution >= 4 is 11.6 Å². The lowest BCUT2D eigenvalue weighted by Gasteiger charge is -2.32. The smallest absolute Gasteiger partial charge is 0.131 e. The Kier molecular flexibility index (Phi) is 5.87. The zero-order chi connectivity index (χ0) is 14.5. The highest BCUT2D eigenvalue weighted by Crippen LogP contribution is 2.23. The van der Waals surface area contributed by atoms with Crippen LogP contribution in [0.2, 0.25) is 5.15 Å². The standard InChI is InChI=1S/C15H27ClN4/c1-4-7-17-10-13-5-8-20(9-6-13)11-14-12(2)18-19(3)15(14)16/h13,17H,4-11H2,1-3H3. The quantitative estimate of drug-likeness (QED) is 0.820. The molecule has 1 fully saturated rings. The fourth-order valence-corrected chi connectivity index (χ4v) is 3.14. The number of aryl methyl sites for hydroxylation is 2. The molecule has 1 N–H and O–H groups in total. The minimum Gasteiger partial charge on any atom is -0.316 e. The Morgan fingerprint density at radius 2 is 2.05 bits per heavy atom. The van der Waals surface area contributed by atoms with Crippen molar-refractivity contribution in [3.05, 3.63) is 16.4 Å². The Morgan fingerprint density at radius 3 is 2.60 bits per heavy atom. The lowest BCUT2D eigenvalue weighted by molar-refractivity contribution is 0.175. The van der Waals surface area contributed by atoms with Gasteiger partial charge in [-0.05, 0) is 58.3 Å². The van der Waals surface area contributed by atoms with Gasteiger partial charge in [0, 0.05) is 19.2 Å². The predicted octanol–water partition coefficient (Wildman–Crippen LogP) is 2.59. The van der Waals surface area contributed by atoms with Crippen molar-refractivity contribution in [3.63, 3.8) is 0 Å². The number of rotatable bonds is 6. The van der Waals surface area contributed by atoms with Gasteiger partial charge in [0.2, 0.25) is 0 Å². The molecule has 1 saturated heterocycles. The van der Waals surface area contributed by atoms with Gasteiger partial charge in [-0.3, -0.25) is 9.58 Å². The van der Waals surface area contributed by atoms with Crippen LogP contribution in [0.15, 0.2) is 0 Å². The van der Waals surface area contributed by atoms with Crippen LogP contribution in [0.1, 0.15) is 37.4 Å². The van der Waals surface area contributed by atoms with E-state index in [1.165, 1.54) is 44.5 Å². The van der Waals surface area contributed by atoms with E-state index < -0.39 is 0 Å². The average Bonchev–Trinajstić information content (AvgIpc) is 2.67. The van der Waals surface area contributed by atoms with Crippen molar-refractivity contribution in [2.75, 3.05) is 26.2 Å².